The van der Waals surface area contributed by atoms with E-state index in [1.54, 1.807) is 12.7 Å². The van der Waals surface area contributed by atoms with Gasteiger partial charge in [0.2, 0.25) is 11.8 Å². The number of likely N-dealkylation sites (tertiary alicyclic amines) is 1. The summed E-state index contributed by atoms with van der Waals surface area (Å²) in [5.74, 6) is 1.24. The van der Waals surface area contributed by atoms with Gasteiger partial charge in [-0.1, -0.05) is 18.2 Å². The fourth-order valence-corrected chi connectivity index (χ4v) is 3.35. The monoisotopic (exact) mass is 324 g/mol. The van der Waals surface area contributed by atoms with Crippen molar-refractivity contribution in [1.82, 2.24) is 29.9 Å². The smallest absolute Gasteiger partial charge is 0.247 e. The van der Waals surface area contributed by atoms with Gasteiger partial charge in [0.05, 0.1) is 12.6 Å². The van der Waals surface area contributed by atoms with Crippen LogP contribution in [0.3, 0.4) is 0 Å². The van der Waals surface area contributed by atoms with Crippen molar-refractivity contribution in [3.05, 3.63) is 48.9 Å². The zero-order chi connectivity index (χ0) is 16.4. The van der Waals surface area contributed by atoms with E-state index in [4.69, 9.17) is 4.42 Å². The molecule has 0 amide bonds. The first kappa shape index (κ1) is 15.0. The minimum Gasteiger partial charge on any atom is -0.419 e. The minimum atomic E-state index is 0.0889. The van der Waals surface area contributed by atoms with E-state index < -0.39 is 0 Å². The molecule has 1 aromatic carbocycles. The van der Waals surface area contributed by atoms with Crippen molar-refractivity contribution in [2.45, 2.75) is 38.4 Å². The van der Waals surface area contributed by atoms with Crippen molar-refractivity contribution in [2.75, 3.05) is 6.54 Å². The first-order valence-corrected chi connectivity index (χ1v) is 8.28. The van der Waals surface area contributed by atoms with Gasteiger partial charge in [-0.3, -0.25) is 9.58 Å². The maximum atomic E-state index is 5.93. The Hall–Kier alpha value is -2.54. The van der Waals surface area contributed by atoms with Crippen LogP contribution in [0.15, 0.2) is 47.4 Å². The van der Waals surface area contributed by atoms with Gasteiger partial charge in [-0.2, -0.15) is 5.10 Å². The molecule has 1 fully saturated rings. The molecule has 0 radical (unpaired) electrons. The van der Waals surface area contributed by atoms with E-state index in [0.717, 1.165) is 25.1 Å². The quantitative estimate of drug-likeness (QED) is 0.718. The minimum absolute atomic E-state index is 0.0889. The molecule has 2 aromatic heterocycles. The molecule has 24 heavy (non-hydrogen) atoms. The standard InChI is InChI=1S/C17H20N6O/c1-13(16-20-21-17(24-16)14-6-3-2-4-7-14)23-9-5-8-15(23)10-22-12-18-11-19-22/h2-4,6-7,11-13,15H,5,8-10H2,1H3/t13-,15-/m0/s1. The fraction of sp³-hybridized carbons (Fsp3) is 0.412. The topological polar surface area (TPSA) is 72.9 Å². The highest BCUT2D eigenvalue weighted by molar-refractivity contribution is 5.51. The van der Waals surface area contributed by atoms with Gasteiger partial charge in [0, 0.05) is 11.6 Å². The van der Waals surface area contributed by atoms with Gasteiger partial charge in [0.25, 0.3) is 0 Å². The average Bonchev–Trinajstić information content (AvgIpc) is 3.37. The molecule has 0 bridgehead atoms. The van der Waals surface area contributed by atoms with Crippen molar-refractivity contribution < 1.29 is 4.42 Å². The molecule has 1 saturated heterocycles. The Balaban J connectivity index is 1.50. The summed E-state index contributed by atoms with van der Waals surface area (Å²) in [5.41, 5.74) is 0.948. The summed E-state index contributed by atoms with van der Waals surface area (Å²) < 4.78 is 7.82. The lowest BCUT2D eigenvalue weighted by Crippen LogP contribution is -2.35. The van der Waals surface area contributed by atoms with E-state index in [-0.39, 0.29) is 6.04 Å². The van der Waals surface area contributed by atoms with Crippen LogP contribution in [0.2, 0.25) is 0 Å². The number of aromatic nitrogens is 5. The van der Waals surface area contributed by atoms with Crippen LogP contribution in [0.1, 0.15) is 31.7 Å². The summed E-state index contributed by atoms with van der Waals surface area (Å²) in [6.07, 6.45) is 5.65. The van der Waals surface area contributed by atoms with Gasteiger partial charge in [0.1, 0.15) is 12.7 Å². The molecule has 0 spiro atoms. The predicted octanol–water partition coefficient (Wildman–Crippen LogP) is 2.55. The Labute approximate surface area is 140 Å². The summed E-state index contributed by atoms with van der Waals surface area (Å²) in [6.45, 7) is 4.00. The molecular weight excluding hydrogens is 304 g/mol. The second kappa shape index (κ2) is 6.52. The summed E-state index contributed by atoms with van der Waals surface area (Å²) in [5, 5.41) is 12.7. The Bertz CT molecular complexity index is 770. The molecule has 0 N–H and O–H groups in total. The molecule has 7 heteroatoms. The first-order valence-electron chi connectivity index (χ1n) is 8.28. The van der Waals surface area contributed by atoms with Gasteiger partial charge in [-0.25, -0.2) is 4.98 Å². The Kier molecular flexibility index (Phi) is 4.08. The maximum absolute atomic E-state index is 5.93. The van der Waals surface area contributed by atoms with E-state index in [2.05, 4.69) is 32.1 Å². The van der Waals surface area contributed by atoms with E-state index >= 15 is 0 Å². The highest BCUT2D eigenvalue weighted by atomic mass is 16.4. The number of hydrogen-bond acceptors (Lipinski definition) is 6. The molecule has 1 aliphatic rings. The van der Waals surface area contributed by atoms with E-state index in [0.29, 0.717) is 17.8 Å². The summed E-state index contributed by atoms with van der Waals surface area (Å²) in [7, 11) is 0. The SMILES string of the molecule is C[C@@H](c1nnc(-c2ccccc2)o1)N1CCC[C@H]1Cn1cncn1. The van der Waals surface area contributed by atoms with Gasteiger partial charge in [0.15, 0.2) is 0 Å². The number of benzene rings is 1. The van der Waals surface area contributed by atoms with Crippen LogP contribution in [0.25, 0.3) is 11.5 Å². The number of hydrogen-bond donors (Lipinski definition) is 0. The average molecular weight is 324 g/mol. The van der Waals surface area contributed by atoms with Crippen LogP contribution < -0.4 is 0 Å². The third-order valence-corrected chi connectivity index (χ3v) is 4.60. The third kappa shape index (κ3) is 2.94. The molecule has 1 aliphatic heterocycles. The van der Waals surface area contributed by atoms with Gasteiger partial charge >= 0.3 is 0 Å². The molecule has 0 unspecified atom stereocenters. The lowest BCUT2D eigenvalue weighted by molar-refractivity contribution is 0.152. The lowest BCUT2D eigenvalue weighted by atomic mass is 10.2. The molecule has 3 aromatic rings. The number of rotatable bonds is 5. The highest BCUT2D eigenvalue weighted by Gasteiger charge is 2.32. The van der Waals surface area contributed by atoms with Gasteiger partial charge in [-0.15, -0.1) is 10.2 Å². The first-order chi connectivity index (χ1) is 11.8. The summed E-state index contributed by atoms with van der Waals surface area (Å²) >= 11 is 0. The second-order valence-electron chi connectivity index (χ2n) is 6.14. The summed E-state index contributed by atoms with van der Waals surface area (Å²) in [6, 6.07) is 10.4. The van der Waals surface area contributed by atoms with Crippen LogP contribution in [-0.2, 0) is 6.54 Å². The van der Waals surface area contributed by atoms with Crippen LogP contribution in [-0.4, -0.2) is 42.4 Å². The lowest BCUT2D eigenvalue weighted by Gasteiger charge is -2.28. The van der Waals surface area contributed by atoms with Crippen molar-refractivity contribution in [2.24, 2.45) is 0 Å². The molecule has 4 rings (SSSR count). The largest absolute Gasteiger partial charge is 0.419 e. The van der Waals surface area contributed by atoms with Crippen molar-refractivity contribution in [3.8, 4) is 11.5 Å². The van der Waals surface area contributed by atoms with Crippen molar-refractivity contribution in [3.63, 3.8) is 0 Å². The molecule has 0 saturated carbocycles. The Morgan fingerprint density at radius 2 is 2.12 bits per heavy atom. The fourth-order valence-electron chi connectivity index (χ4n) is 3.35. The molecular formula is C17H20N6O. The highest BCUT2D eigenvalue weighted by Crippen LogP contribution is 2.30. The molecule has 2 atom stereocenters. The predicted molar refractivity (Wildman–Crippen MR) is 87.9 cm³/mol. The van der Waals surface area contributed by atoms with Gasteiger partial charge in [-0.05, 0) is 38.4 Å². The van der Waals surface area contributed by atoms with Crippen LogP contribution in [0.4, 0.5) is 0 Å². The maximum Gasteiger partial charge on any atom is 0.247 e. The zero-order valence-electron chi connectivity index (χ0n) is 13.6. The Morgan fingerprint density at radius 3 is 2.92 bits per heavy atom. The molecule has 7 nitrogen and oxygen atoms in total. The zero-order valence-corrected chi connectivity index (χ0v) is 13.6. The van der Waals surface area contributed by atoms with E-state index in [9.17, 15) is 0 Å². The molecule has 3 heterocycles. The van der Waals surface area contributed by atoms with Crippen LogP contribution in [0, 0.1) is 0 Å². The van der Waals surface area contributed by atoms with Crippen molar-refractivity contribution >= 4 is 0 Å². The molecule has 0 aliphatic carbocycles. The second-order valence-corrected chi connectivity index (χ2v) is 6.14. The Morgan fingerprint density at radius 1 is 1.25 bits per heavy atom. The normalized spacial score (nSPS) is 19.6. The number of nitrogens with zero attached hydrogens (tertiary/aromatic N) is 6. The van der Waals surface area contributed by atoms with E-state index in [1.807, 2.05) is 35.0 Å². The summed E-state index contributed by atoms with van der Waals surface area (Å²) in [4.78, 5) is 6.44. The molecule has 124 valence electrons. The third-order valence-electron chi connectivity index (χ3n) is 4.60. The van der Waals surface area contributed by atoms with Crippen molar-refractivity contribution in [1.29, 1.82) is 0 Å². The van der Waals surface area contributed by atoms with E-state index in [1.165, 1.54) is 6.42 Å². The van der Waals surface area contributed by atoms with Gasteiger partial charge < -0.3 is 4.42 Å². The van der Waals surface area contributed by atoms with Crippen LogP contribution in [0.5, 0.6) is 0 Å². The van der Waals surface area contributed by atoms with Crippen LogP contribution >= 0.6 is 0 Å².